The lowest BCUT2D eigenvalue weighted by molar-refractivity contribution is 1.12. The number of nitrogens with zero attached hydrogens (tertiary/aromatic N) is 2. The van der Waals surface area contributed by atoms with Crippen LogP contribution in [0.2, 0.25) is 0 Å². The maximum atomic E-state index is 6.03. The van der Waals surface area contributed by atoms with Gasteiger partial charge in [0.2, 0.25) is 0 Å². The summed E-state index contributed by atoms with van der Waals surface area (Å²) in [7, 11) is 0. The second-order valence-electron chi connectivity index (χ2n) is 4.50. The minimum absolute atomic E-state index is 0.566. The SMILES string of the molecule is CCc1ccnc(N)c1-c1cnc2ccccc2c1. The van der Waals surface area contributed by atoms with Gasteiger partial charge >= 0.3 is 0 Å². The zero-order chi connectivity index (χ0) is 13.2. The van der Waals surface area contributed by atoms with Crippen LogP contribution in [0.3, 0.4) is 0 Å². The number of aromatic nitrogens is 2. The lowest BCUT2D eigenvalue weighted by Gasteiger charge is -2.10. The average Bonchev–Trinajstić information content (AvgIpc) is 2.46. The molecule has 0 amide bonds. The van der Waals surface area contributed by atoms with Crippen LogP contribution in [0.15, 0.2) is 48.8 Å². The maximum Gasteiger partial charge on any atom is 0.131 e. The van der Waals surface area contributed by atoms with Crippen molar-refractivity contribution in [3.63, 3.8) is 0 Å². The second kappa shape index (κ2) is 4.69. The Morgan fingerprint density at radius 1 is 1.11 bits per heavy atom. The molecule has 94 valence electrons. The van der Waals surface area contributed by atoms with E-state index >= 15 is 0 Å². The van der Waals surface area contributed by atoms with Gasteiger partial charge in [-0.3, -0.25) is 4.98 Å². The van der Waals surface area contributed by atoms with Crippen LogP contribution in [-0.2, 0) is 6.42 Å². The quantitative estimate of drug-likeness (QED) is 0.757. The zero-order valence-corrected chi connectivity index (χ0v) is 10.8. The van der Waals surface area contributed by atoms with E-state index in [1.807, 2.05) is 30.5 Å². The summed E-state index contributed by atoms with van der Waals surface area (Å²) in [5.41, 5.74) is 10.3. The average molecular weight is 249 g/mol. The molecular weight excluding hydrogens is 234 g/mol. The van der Waals surface area contributed by atoms with Crippen molar-refractivity contribution in [3.05, 3.63) is 54.4 Å². The van der Waals surface area contributed by atoms with Gasteiger partial charge in [0, 0.05) is 28.9 Å². The highest BCUT2D eigenvalue weighted by molar-refractivity contribution is 5.86. The van der Waals surface area contributed by atoms with Crippen molar-refractivity contribution in [3.8, 4) is 11.1 Å². The first-order valence-corrected chi connectivity index (χ1v) is 6.38. The summed E-state index contributed by atoms with van der Waals surface area (Å²) in [6.07, 6.45) is 4.55. The number of hydrogen-bond acceptors (Lipinski definition) is 3. The third kappa shape index (κ3) is 2.03. The summed E-state index contributed by atoms with van der Waals surface area (Å²) in [5.74, 6) is 0.566. The number of nitrogens with two attached hydrogens (primary N) is 1. The Morgan fingerprint density at radius 3 is 2.79 bits per heavy atom. The molecule has 19 heavy (non-hydrogen) atoms. The molecule has 3 aromatic rings. The predicted octanol–water partition coefficient (Wildman–Crippen LogP) is 3.44. The number of nitrogen functional groups attached to an aromatic ring is 1. The molecule has 3 rings (SSSR count). The van der Waals surface area contributed by atoms with Gasteiger partial charge in [0.25, 0.3) is 0 Å². The van der Waals surface area contributed by atoms with Crippen LogP contribution in [0.5, 0.6) is 0 Å². The number of rotatable bonds is 2. The molecule has 3 heteroatoms. The summed E-state index contributed by atoms with van der Waals surface area (Å²) in [4.78, 5) is 8.68. The van der Waals surface area contributed by atoms with Crippen LogP contribution in [0, 0.1) is 0 Å². The van der Waals surface area contributed by atoms with Gasteiger partial charge in [-0.15, -0.1) is 0 Å². The van der Waals surface area contributed by atoms with E-state index in [1.165, 1.54) is 5.56 Å². The summed E-state index contributed by atoms with van der Waals surface area (Å²) < 4.78 is 0. The summed E-state index contributed by atoms with van der Waals surface area (Å²) in [5, 5.41) is 1.12. The molecule has 2 aromatic heterocycles. The number of para-hydroxylation sites is 1. The van der Waals surface area contributed by atoms with Crippen LogP contribution < -0.4 is 5.73 Å². The van der Waals surface area contributed by atoms with Crippen LogP contribution in [0.4, 0.5) is 5.82 Å². The number of aryl methyl sites for hydroxylation is 1. The molecule has 0 aliphatic carbocycles. The highest BCUT2D eigenvalue weighted by Crippen LogP contribution is 2.29. The van der Waals surface area contributed by atoms with E-state index in [4.69, 9.17) is 5.73 Å². The smallest absolute Gasteiger partial charge is 0.131 e. The number of hydrogen-bond donors (Lipinski definition) is 1. The normalized spacial score (nSPS) is 10.8. The van der Waals surface area contributed by atoms with Crippen LogP contribution in [0.25, 0.3) is 22.0 Å². The first kappa shape index (κ1) is 11.7. The minimum atomic E-state index is 0.566. The van der Waals surface area contributed by atoms with E-state index in [2.05, 4.69) is 29.0 Å². The van der Waals surface area contributed by atoms with Crippen LogP contribution in [-0.4, -0.2) is 9.97 Å². The highest BCUT2D eigenvalue weighted by atomic mass is 14.8. The molecule has 0 atom stereocenters. The molecule has 0 saturated carbocycles. The molecule has 0 saturated heterocycles. The van der Waals surface area contributed by atoms with Gasteiger partial charge in [-0.2, -0.15) is 0 Å². The van der Waals surface area contributed by atoms with Gasteiger partial charge in [-0.05, 0) is 30.2 Å². The molecular formula is C16H15N3. The molecule has 0 aliphatic heterocycles. The van der Waals surface area contributed by atoms with Gasteiger partial charge in [0.1, 0.15) is 5.82 Å². The Bertz CT molecular complexity index is 735. The molecule has 0 fully saturated rings. The van der Waals surface area contributed by atoms with E-state index in [-0.39, 0.29) is 0 Å². The molecule has 0 aliphatic rings. The van der Waals surface area contributed by atoms with Crippen molar-refractivity contribution < 1.29 is 0 Å². The van der Waals surface area contributed by atoms with E-state index in [0.717, 1.165) is 28.5 Å². The number of benzene rings is 1. The molecule has 0 radical (unpaired) electrons. The van der Waals surface area contributed by atoms with Crippen molar-refractivity contribution in [2.24, 2.45) is 0 Å². The third-order valence-corrected chi connectivity index (χ3v) is 3.33. The summed E-state index contributed by atoms with van der Waals surface area (Å²) in [6, 6.07) is 12.2. The molecule has 0 bridgehead atoms. The number of anilines is 1. The van der Waals surface area contributed by atoms with Crippen molar-refractivity contribution in [1.82, 2.24) is 9.97 Å². The van der Waals surface area contributed by atoms with Gasteiger partial charge in [0.15, 0.2) is 0 Å². The van der Waals surface area contributed by atoms with E-state index in [9.17, 15) is 0 Å². The predicted molar refractivity (Wildman–Crippen MR) is 78.8 cm³/mol. The lowest BCUT2D eigenvalue weighted by atomic mass is 9.99. The molecule has 0 unspecified atom stereocenters. The Balaban J connectivity index is 2.24. The van der Waals surface area contributed by atoms with Gasteiger partial charge in [0.05, 0.1) is 5.52 Å². The standard InChI is InChI=1S/C16H15N3/c1-2-11-7-8-18-16(17)15(11)13-9-12-5-3-4-6-14(12)19-10-13/h3-10H,2H2,1H3,(H2,17,18). The van der Waals surface area contributed by atoms with E-state index in [0.29, 0.717) is 5.82 Å². The minimum Gasteiger partial charge on any atom is -0.383 e. The molecule has 1 aromatic carbocycles. The molecule has 2 heterocycles. The maximum absolute atomic E-state index is 6.03. The van der Waals surface area contributed by atoms with Crippen LogP contribution >= 0.6 is 0 Å². The molecule has 2 N–H and O–H groups in total. The monoisotopic (exact) mass is 249 g/mol. The van der Waals surface area contributed by atoms with Crippen molar-refractivity contribution in [2.45, 2.75) is 13.3 Å². The lowest BCUT2D eigenvalue weighted by Crippen LogP contribution is -1.98. The fourth-order valence-corrected chi connectivity index (χ4v) is 2.36. The fraction of sp³-hybridized carbons (Fsp3) is 0.125. The van der Waals surface area contributed by atoms with E-state index < -0.39 is 0 Å². The fourth-order valence-electron chi connectivity index (χ4n) is 2.36. The first-order chi connectivity index (χ1) is 9.29. The number of pyridine rings is 2. The van der Waals surface area contributed by atoms with Crippen LogP contribution in [0.1, 0.15) is 12.5 Å². The van der Waals surface area contributed by atoms with E-state index in [1.54, 1.807) is 6.20 Å². The number of fused-ring (bicyclic) bond motifs is 1. The summed E-state index contributed by atoms with van der Waals surface area (Å²) in [6.45, 7) is 2.12. The molecule has 0 spiro atoms. The van der Waals surface area contributed by atoms with Crippen molar-refractivity contribution in [2.75, 3.05) is 5.73 Å². The topological polar surface area (TPSA) is 51.8 Å². The second-order valence-corrected chi connectivity index (χ2v) is 4.50. The van der Waals surface area contributed by atoms with Gasteiger partial charge < -0.3 is 5.73 Å². The Labute approximate surface area is 112 Å². The Kier molecular flexibility index (Phi) is 2.88. The van der Waals surface area contributed by atoms with Gasteiger partial charge in [-0.1, -0.05) is 25.1 Å². The third-order valence-electron chi connectivity index (χ3n) is 3.33. The molecule has 3 nitrogen and oxygen atoms in total. The van der Waals surface area contributed by atoms with Gasteiger partial charge in [-0.25, -0.2) is 4.98 Å². The Hall–Kier alpha value is -2.42. The largest absolute Gasteiger partial charge is 0.383 e. The first-order valence-electron chi connectivity index (χ1n) is 6.38. The van der Waals surface area contributed by atoms with Crippen molar-refractivity contribution >= 4 is 16.7 Å². The van der Waals surface area contributed by atoms with Crippen molar-refractivity contribution in [1.29, 1.82) is 0 Å². The summed E-state index contributed by atoms with van der Waals surface area (Å²) >= 11 is 0. The Morgan fingerprint density at radius 2 is 1.95 bits per heavy atom. The zero-order valence-electron chi connectivity index (χ0n) is 10.8. The highest BCUT2D eigenvalue weighted by Gasteiger charge is 2.09.